The molecule has 0 radical (unpaired) electrons. The number of benzene rings is 3. The van der Waals surface area contributed by atoms with Gasteiger partial charge in [0.15, 0.2) is 0 Å². The van der Waals surface area contributed by atoms with Gasteiger partial charge in [-0.05, 0) is 47.0 Å². The van der Waals surface area contributed by atoms with E-state index in [1.807, 2.05) is 72.8 Å². The first kappa shape index (κ1) is 22.9. The second kappa shape index (κ2) is 10.5. The summed E-state index contributed by atoms with van der Waals surface area (Å²) in [6, 6.07) is 23.2. The van der Waals surface area contributed by atoms with E-state index in [-0.39, 0.29) is 12.6 Å². The Balaban J connectivity index is 1.48. The normalized spacial score (nSPS) is 10.8. The topological polar surface area (TPSA) is 99.1 Å². The molecule has 6 nitrogen and oxygen atoms in total. The van der Waals surface area contributed by atoms with Gasteiger partial charge >= 0.3 is 0 Å². The molecule has 0 saturated heterocycles. The van der Waals surface area contributed by atoms with Crippen LogP contribution in [0.1, 0.15) is 16.8 Å². The summed E-state index contributed by atoms with van der Waals surface area (Å²) in [5, 5.41) is 4.77. The first-order chi connectivity index (χ1) is 16.0. The molecule has 0 bridgehead atoms. The van der Waals surface area contributed by atoms with Crippen LogP contribution in [0.15, 0.2) is 72.8 Å². The molecule has 0 amide bonds. The van der Waals surface area contributed by atoms with Crippen molar-refractivity contribution in [1.82, 2.24) is 9.97 Å². The average molecular weight is 480 g/mol. The Hall–Kier alpha value is -3.32. The number of nitrogens with two attached hydrogens (primary N) is 2. The van der Waals surface area contributed by atoms with Gasteiger partial charge in [0.25, 0.3) is 0 Å². The third-order valence-electron chi connectivity index (χ3n) is 5.07. The molecule has 1 aromatic heterocycles. The zero-order valence-corrected chi connectivity index (χ0v) is 19.3. The number of ether oxygens (including phenoxy) is 1. The zero-order valence-electron chi connectivity index (χ0n) is 17.8. The first-order valence-corrected chi connectivity index (χ1v) is 11.1. The fourth-order valence-electron chi connectivity index (χ4n) is 3.40. The Morgan fingerprint density at radius 3 is 2.27 bits per heavy atom. The van der Waals surface area contributed by atoms with Crippen molar-refractivity contribution in [1.29, 1.82) is 0 Å². The van der Waals surface area contributed by atoms with Gasteiger partial charge in [-0.15, -0.1) is 0 Å². The lowest BCUT2D eigenvalue weighted by Crippen LogP contribution is -2.08. The molecule has 4 aromatic rings. The summed E-state index contributed by atoms with van der Waals surface area (Å²) in [5.41, 5.74) is 17.3. The van der Waals surface area contributed by atoms with Crippen LogP contribution >= 0.6 is 23.2 Å². The zero-order chi connectivity index (χ0) is 23.2. The Labute approximate surface area is 202 Å². The minimum atomic E-state index is 0.105. The van der Waals surface area contributed by atoms with E-state index in [1.165, 1.54) is 0 Å². The first-order valence-electron chi connectivity index (χ1n) is 10.3. The van der Waals surface area contributed by atoms with Crippen LogP contribution in [-0.4, -0.2) is 9.97 Å². The van der Waals surface area contributed by atoms with E-state index < -0.39 is 0 Å². The molecule has 4 rings (SSSR count). The molecule has 0 fully saturated rings. The number of hydrogen-bond acceptors (Lipinski definition) is 6. The number of nitrogens with one attached hydrogen (secondary N) is 1. The maximum atomic E-state index is 6.21. The lowest BCUT2D eigenvalue weighted by Gasteiger charge is -2.14. The lowest BCUT2D eigenvalue weighted by molar-refractivity contribution is 0.105. The Kier molecular flexibility index (Phi) is 7.29. The smallest absolute Gasteiger partial charge is 0.222 e. The van der Waals surface area contributed by atoms with Crippen molar-refractivity contribution in [2.75, 3.05) is 16.8 Å². The summed E-state index contributed by atoms with van der Waals surface area (Å²) < 4.78 is 5.87. The molecular formula is C25H23Cl2N5O. The van der Waals surface area contributed by atoms with Gasteiger partial charge in [-0.1, -0.05) is 65.7 Å². The van der Waals surface area contributed by atoms with Gasteiger partial charge in [-0.2, -0.15) is 4.98 Å². The fourth-order valence-corrected chi connectivity index (χ4v) is 3.72. The van der Waals surface area contributed by atoms with Crippen LogP contribution in [0.4, 0.5) is 17.5 Å². The highest BCUT2D eigenvalue weighted by molar-refractivity contribution is 6.31. The monoisotopic (exact) mass is 479 g/mol. The SMILES string of the molecule is Nc1nc(N)c(-c2ccc(NCc3ccc(Cl)cc3)cc2)c(COCc2ccccc2Cl)n1. The number of aromatic nitrogens is 2. The molecule has 0 spiro atoms. The Morgan fingerprint density at radius 1 is 0.818 bits per heavy atom. The van der Waals surface area contributed by atoms with Crippen molar-refractivity contribution in [3.8, 4) is 11.1 Å². The fraction of sp³-hybridized carbons (Fsp3) is 0.120. The second-order valence-corrected chi connectivity index (χ2v) is 8.27. The third kappa shape index (κ3) is 5.93. The predicted octanol–water partition coefficient (Wildman–Crippen LogP) is 5.94. The van der Waals surface area contributed by atoms with E-state index in [0.29, 0.717) is 35.2 Å². The van der Waals surface area contributed by atoms with E-state index in [1.54, 1.807) is 0 Å². The number of halogens is 2. The van der Waals surface area contributed by atoms with Gasteiger partial charge in [0.2, 0.25) is 5.95 Å². The summed E-state index contributed by atoms with van der Waals surface area (Å²) in [4.78, 5) is 8.51. The highest BCUT2D eigenvalue weighted by atomic mass is 35.5. The molecule has 0 aliphatic rings. The molecule has 8 heteroatoms. The van der Waals surface area contributed by atoms with Crippen LogP contribution in [0.3, 0.4) is 0 Å². The molecule has 33 heavy (non-hydrogen) atoms. The highest BCUT2D eigenvalue weighted by Crippen LogP contribution is 2.30. The lowest BCUT2D eigenvalue weighted by atomic mass is 10.0. The van der Waals surface area contributed by atoms with Crippen molar-refractivity contribution in [2.45, 2.75) is 19.8 Å². The summed E-state index contributed by atoms with van der Waals surface area (Å²) >= 11 is 12.2. The maximum absolute atomic E-state index is 6.21. The molecule has 0 atom stereocenters. The predicted molar refractivity (Wildman–Crippen MR) is 135 cm³/mol. The Bertz CT molecular complexity index is 1230. The molecule has 168 valence electrons. The van der Waals surface area contributed by atoms with Crippen molar-refractivity contribution in [2.24, 2.45) is 0 Å². The molecule has 0 aliphatic carbocycles. The standard InChI is InChI=1S/C25H23Cl2N5O/c26-19-9-5-16(6-10-19)13-30-20-11-7-17(8-12-20)23-22(31-25(29)32-24(23)28)15-33-14-18-3-1-2-4-21(18)27/h1-12,30H,13-15H2,(H4,28,29,31,32). The summed E-state index contributed by atoms with van der Waals surface area (Å²) in [6.45, 7) is 1.25. The molecule has 5 N–H and O–H groups in total. The van der Waals surface area contributed by atoms with Gasteiger partial charge in [0, 0.05) is 27.8 Å². The summed E-state index contributed by atoms with van der Waals surface area (Å²) in [7, 11) is 0. The van der Waals surface area contributed by atoms with Gasteiger partial charge < -0.3 is 21.5 Å². The number of nitrogen functional groups attached to an aromatic ring is 2. The molecule has 1 heterocycles. The van der Waals surface area contributed by atoms with Crippen molar-refractivity contribution in [3.63, 3.8) is 0 Å². The van der Waals surface area contributed by atoms with Crippen LogP contribution in [0.2, 0.25) is 10.0 Å². The van der Waals surface area contributed by atoms with E-state index in [4.69, 9.17) is 39.4 Å². The van der Waals surface area contributed by atoms with Gasteiger partial charge in [0.05, 0.1) is 18.9 Å². The summed E-state index contributed by atoms with van der Waals surface area (Å²) in [6.07, 6.45) is 0. The van der Waals surface area contributed by atoms with E-state index in [9.17, 15) is 0 Å². The van der Waals surface area contributed by atoms with Crippen molar-refractivity contribution >= 4 is 40.7 Å². The van der Waals surface area contributed by atoms with Gasteiger partial charge in [0.1, 0.15) is 5.82 Å². The molecule has 0 aliphatic heterocycles. The number of rotatable bonds is 8. The van der Waals surface area contributed by atoms with Gasteiger partial charge in [-0.25, -0.2) is 4.98 Å². The van der Waals surface area contributed by atoms with Crippen LogP contribution in [0, 0.1) is 0 Å². The van der Waals surface area contributed by atoms with Crippen LogP contribution < -0.4 is 16.8 Å². The van der Waals surface area contributed by atoms with Crippen LogP contribution in [0.25, 0.3) is 11.1 Å². The third-order valence-corrected chi connectivity index (χ3v) is 5.69. The second-order valence-electron chi connectivity index (χ2n) is 7.43. The Morgan fingerprint density at radius 2 is 1.55 bits per heavy atom. The minimum absolute atomic E-state index is 0.105. The summed E-state index contributed by atoms with van der Waals surface area (Å²) in [5.74, 6) is 0.412. The van der Waals surface area contributed by atoms with E-state index in [2.05, 4.69) is 15.3 Å². The molecule has 0 unspecified atom stereocenters. The molecular weight excluding hydrogens is 457 g/mol. The number of anilines is 3. The number of hydrogen-bond donors (Lipinski definition) is 3. The number of nitrogens with zero attached hydrogens (tertiary/aromatic N) is 2. The van der Waals surface area contributed by atoms with Crippen LogP contribution in [0.5, 0.6) is 0 Å². The van der Waals surface area contributed by atoms with Crippen molar-refractivity contribution < 1.29 is 4.74 Å². The van der Waals surface area contributed by atoms with Crippen LogP contribution in [-0.2, 0) is 24.5 Å². The highest BCUT2D eigenvalue weighted by Gasteiger charge is 2.14. The quantitative estimate of drug-likeness (QED) is 0.289. The van der Waals surface area contributed by atoms with Crippen molar-refractivity contribution in [3.05, 3.63) is 99.7 Å². The molecule has 0 saturated carbocycles. The maximum Gasteiger partial charge on any atom is 0.222 e. The van der Waals surface area contributed by atoms with E-state index >= 15 is 0 Å². The average Bonchev–Trinajstić information content (AvgIpc) is 2.80. The molecule has 3 aromatic carbocycles. The largest absolute Gasteiger partial charge is 0.383 e. The van der Waals surface area contributed by atoms with E-state index in [0.717, 1.165) is 27.4 Å². The minimum Gasteiger partial charge on any atom is -0.383 e. The van der Waals surface area contributed by atoms with Gasteiger partial charge in [-0.3, -0.25) is 0 Å².